The van der Waals surface area contributed by atoms with E-state index in [-0.39, 0.29) is 0 Å². The van der Waals surface area contributed by atoms with E-state index in [9.17, 15) is 0 Å². The van der Waals surface area contributed by atoms with Gasteiger partial charge in [0.1, 0.15) is 5.69 Å². The van der Waals surface area contributed by atoms with Crippen LogP contribution in [0.5, 0.6) is 0 Å². The minimum atomic E-state index is 0.722. The maximum absolute atomic E-state index is 5.54. The molecular weight excluding hydrogens is 310 g/mol. The van der Waals surface area contributed by atoms with Crippen molar-refractivity contribution in [3.05, 3.63) is 90.3 Å². The zero-order valence-corrected chi connectivity index (χ0v) is 13.8. The summed E-state index contributed by atoms with van der Waals surface area (Å²) in [6.07, 6.45) is 5.44. The molecule has 4 rings (SSSR count). The van der Waals surface area contributed by atoms with E-state index in [4.69, 9.17) is 4.42 Å². The second kappa shape index (κ2) is 6.61. The van der Waals surface area contributed by atoms with Crippen LogP contribution in [0.2, 0.25) is 0 Å². The molecule has 0 saturated carbocycles. The summed E-state index contributed by atoms with van der Waals surface area (Å²) in [4.78, 5) is 4.58. The molecule has 0 bridgehead atoms. The molecule has 0 aliphatic rings. The molecule has 0 saturated heterocycles. The Morgan fingerprint density at radius 2 is 1.76 bits per heavy atom. The van der Waals surface area contributed by atoms with Gasteiger partial charge in [-0.3, -0.25) is 4.99 Å². The Balaban J connectivity index is 1.75. The Bertz CT molecular complexity index is 982. The molecule has 2 heterocycles. The third kappa shape index (κ3) is 3.28. The van der Waals surface area contributed by atoms with Crippen LogP contribution >= 0.6 is 0 Å². The molecular formula is C21H17N3O. The van der Waals surface area contributed by atoms with E-state index in [0.717, 1.165) is 28.4 Å². The molecule has 0 N–H and O–H groups in total. The highest BCUT2D eigenvalue weighted by molar-refractivity contribution is 5.89. The van der Waals surface area contributed by atoms with E-state index < -0.39 is 0 Å². The predicted octanol–water partition coefficient (Wildman–Crippen LogP) is 5.19. The minimum Gasteiger partial charge on any atom is -0.463 e. The fraction of sp³-hybridized carbons (Fsp3) is 0.0476. The average Bonchev–Trinajstić information content (AvgIpc) is 3.31. The Hall–Kier alpha value is -3.40. The van der Waals surface area contributed by atoms with Crippen LogP contribution in [0.1, 0.15) is 11.1 Å². The molecule has 0 aliphatic heterocycles. The number of aryl methyl sites for hydroxylation is 1. The van der Waals surface area contributed by atoms with Gasteiger partial charge in [-0.1, -0.05) is 35.9 Å². The summed E-state index contributed by atoms with van der Waals surface area (Å²) in [6, 6.07) is 21.9. The molecule has 0 radical (unpaired) electrons. The van der Waals surface area contributed by atoms with Crippen LogP contribution in [0.25, 0.3) is 17.1 Å². The molecule has 4 heteroatoms. The van der Waals surface area contributed by atoms with Gasteiger partial charge in [0.15, 0.2) is 5.76 Å². The standard InChI is InChI=1S/C21H17N3O/c1-16-9-11-18(12-10-16)22-14-17-15-24(19-6-3-2-4-7-19)23-21(17)20-8-5-13-25-20/h2-15H,1H3. The van der Waals surface area contributed by atoms with Crippen molar-refractivity contribution in [3.63, 3.8) is 0 Å². The van der Waals surface area contributed by atoms with Crippen LogP contribution < -0.4 is 0 Å². The summed E-state index contributed by atoms with van der Waals surface area (Å²) in [5.41, 5.74) is 4.78. The van der Waals surface area contributed by atoms with Gasteiger partial charge in [0.25, 0.3) is 0 Å². The highest BCUT2D eigenvalue weighted by Crippen LogP contribution is 2.24. The number of hydrogen-bond acceptors (Lipinski definition) is 3. The summed E-state index contributed by atoms with van der Waals surface area (Å²) < 4.78 is 7.38. The van der Waals surface area contributed by atoms with Gasteiger partial charge in [-0.15, -0.1) is 0 Å². The van der Waals surface area contributed by atoms with Crippen molar-refractivity contribution in [2.24, 2.45) is 4.99 Å². The third-order valence-corrected chi connectivity index (χ3v) is 3.90. The van der Waals surface area contributed by atoms with Crippen LogP contribution in [0.15, 0.2) is 88.6 Å². The van der Waals surface area contributed by atoms with Gasteiger partial charge >= 0.3 is 0 Å². The molecule has 0 aliphatic carbocycles. The zero-order valence-electron chi connectivity index (χ0n) is 13.8. The van der Waals surface area contributed by atoms with Crippen molar-refractivity contribution in [1.29, 1.82) is 0 Å². The number of aliphatic imine (C=N–C) groups is 1. The molecule has 25 heavy (non-hydrogen) atoms. The highest BCUT2D eigenvalue weighted by atomic mass is 16.3. The first-order valence-corrected chi connectivity index (χ1v) is 8.09. The largest absolute Gasteiger partial charge is 0.463 e. The molecule has 0 amide bonds. The first-order chi connectivity index (χ1) is 12.3. The van der Waals surface area contributed by atoms with Gasteiger partial charge in [0.05, 0.1) is 17.6 Å². The van der Waals surface area contributed by atoms with Crippen molar-refractivity contribution >= 4 is 11.9 Å². The van der Waals surface area contributed by atoms with Gasteiger partial charge in [0.2, 0.25) is 0 Å². The number of furan rings is 1. The molecule has 0 spiro atoms. The van der Waals surface area contributed by atoms with Crippen LogP contribution in [0.4, 0.5) is 5.69 Å². The van der Waals surface area contributed by atoms with Crippen LogP contribution in [-0.4, -0.2) is 16.0 Å². The average molecular weight is 327 g/mol. The fourth-order valence-electron chi connectivity index (χ4n) is 2.57. The molecule has 2 aromatic carbocycles. The second-order valence-electron chi connectivity index (χ2n) is 5.78. The van der Waals surface area contributed by atoms with E-state index in [0.29, 0.717) is 0 Å². The van der Waals surface area contributed by atoms with Crippen molar-refractivity contribution in [1.82, 2.24) is 9.78 Å². The number of para-hydroxylation sites is 1. The molecule has 122 valence electrons. The Morgan fingerprint density at radius 3 is 2.48 bits per heavy atom. The van der Waals surface area contributed by atoms with Crippen LogP contribution in [0.3, 0.4) is 0 Å². The second-order valence-corrected chi connectivity index (χ2v) is 5.78. The molecule has 0 fully saturated rings. The van der Waals surface area contributed by atoms with Crippen molar-refractivity contribution in [2.75, 3.05) is 0 Å². The molecule has 2 aromatic heterocycles. The van der Waals surface area contributed by atoms with Gasteiger partial charge < -0.3 is 4.42 Å². The van der Waals surface area contributed by atoms with Crippen LogP contribution in [0, 0.1) is 6.92 Å². The van der Waals surface area contributed by atoms with Crippen molar-refractivity contribution < 1.29 is 4.42 Å². The zero-order chi connectivity index (χ0) is 17.1. The van der Waals surface area contributed by atoms with E-state index in [1.807, 2.05) is 83.8 Å². The number of rotatable bonds is 4. The van der Waals surface area contributed by atoms with Gasteiger partial charge in [-0.05, 0) is 43.3 Å². The highest BCUT2D eigenvalue weighted by Gasteiger charge is 2.13. The summed E-state index contributed by atoms with van der Waals surface area (Å²) in [5.74, 6) is 0.722. The molecule has 4 nitrogen and oxygen atoms in total. The fourth-order valence-corrected chi connectivity index (χ4v) is 2.57. The molecule has 0 unspecified atom stereocenters. The van der Waals surface area contributed by atoms with Crippen LogP contribution in [-0.2, 0) is 0 Å². The maximum Gasteiger partial charge on any atom is 0.154 e. The molecule has 0 atom stereocenters. The maximum atomic E-state index is 5.54. The lowest BCUT2D eigenvalue weighted by Crippen LogP contribution is -1.93. The van der Waals surface area contributed by atoms with E-state index in [1.165, 1.54) is 5.56 Å². The van der Waals surface area contributed by atoms with Crippen molar-refractivity contribution in [3.8, 4) is 17.1 Å². The number of aromatic nitrogens is 2. The number of nitrogens with zero attached hydrogens (tertiary/aromatic N) is 3. The summed E-state index contributed by atoms with van der Waals surface area (Å²) >= 11 is 0. The van der Waals surface area contributed by atoms with Gasteiger partial charge in [-0.25, -0.2) is 4.68 Å². The lowest BCUT2D eigenvalue weighted by molar-refractivity contribution is 0.579. The summed E-state index contributed by atoms with van der Waals surface area (Å²) in [5, 5.41) is 4.68. The topological polar surface area (TPSA) is 43.3 Å². The number of benzene rings is 2. The first-order valence-electron chi connectivity index (χ1n) is 8.09. The summed E-state index contributed by atoms with van der Waals surface area (Å²) in [7, 11) is 0. The Labute approximate surface area is 146 Å². The Kier molecular flexibility index (Phi) is 4.01. The van der Waals surface area contributed by atoms with E-state index >= 15 is 0 Å². The summed E-state index contributed by atoms with van der Waals surface area (Å²) in [6.45, 7) is 2.06. The van der Waals surface area contributed by atoms with Gasteiger partial charge in [-0.2, -0.15) is 5.10 Å². The molecule has 4 aromatic rings. The quantitative estimate of drug-likeness (QED) is 0.484. The smallest absolute Gasteiger partial charge is 0.154 e. The van der Waals surface area contributed by atoms with E-state index in [1.54, 1.807) is 6.26 Å². The lowest BCUT2D eigenvalue weighted by atomic mass is 10.2. The third-order valence-electron chi connectivity index (χ3n) is 3.90. The monoisotopic (exact) mass is 327 g/mol. The van der Waals surface area contributed by atoms with Gasteiger partial charge in [0, 0.05) is 18.0 Å². The first kappa shape index (κ1) is 15.1. The van der Waals surface area contributed by atoms with E-state index in [2.05, 4.69) is 17.0 Å². The normalized spacial score (nSPS) is 11.2. The van der Waals surface area contributed by atoms with Crippen molar-refractivity contribution in [2.45, 2.75) is 6.92 Å². The Morgan fingerprint density at radius 1 is 0.960 bits per heavy atom. The lowest BCUT2D eigenvalue weighted by Gasteiger charge is -1.98. The number of hydrogen-bond donors (Lipinski definition) is 0. The predicted molar refractivity (Wildman–Crippen MR) is 99.7 cm³/mol. The minimum absolute atomic E-state index is 0.722. The SMILES string of the molecule is Cc1ccc(N=Cc2cn(-c3ccccc3)nc2-c2ccco2)cc1.